The van der Waals surface area contributed by atoms with Crippen molar-refractivity contribution in [3.8, 4) is 5.75 Å². The van der Waals surface area contributed by atoms with Gasteiger partial charge in [-0.05, 0) is 61.6 Å². The molecule has 0 aliphatic heterocycles. The maximum atomic E-state index is 13.3. The van der Waals surface area contributed by atoms with E-state index in [0.29, 0.717) is 23.7 Å². The molecule has 3 rings (SSSR count). The topological polar surface area (TPSA) is 58.6 Å². The molecule has 1 N–H and O–H groups in total. The average Bonchev–Trinajstić information content (AvgIpc) is 2.79. The lowest BCUT2D eigenvalue weighted by Crippen LogP contribution is -2.52. The van der Waals surface area contributed by atoms with Crippen LogP contribution in [0.5, 0.6) is 5.75 Å². The Morgan fingerprint density at radius 3 is 2.50 bits per heavy atom. The fourth-order valence-corrected chi connectivity index (χ4v) is 4.31. The number of carbonyl (C=O) groups excluding carboxylic acids is 2. The Hall–Kier alpha value is -2.53. The summed E-state index contributed by atoms with van der Waals surface area (Å²) in [7, 11) is 0. The Balaban J connectivity index is 1.74. The van der Waals surface area contributed by atoms with Crippen LogP contribution in [0.2, 0.25) is 5.02 Å². The number of ether oxygens (including phenoxy) is 1. The predicted molar refractivity (Wildman–Crippen MR) is 128 cm³/mol. The SMILES string of the molecule is CCC(C(=O)NC1CCCCC1)N(Cc1ccc(Cl)cc1)C(=O)COc1cccc(C)c1. The number of rotatable bonds is 9. The Labute approximate surface area is 196 Å². The smallest absolute Gasteiger partial charge is 0.261 e. The lowest BCUT2D eigenvalue weighted by molar-refractivity contribution is -0.143. The maximum absolute atomic E-state index is 13.3. The number of benzene rings is 2. The first-order valence-electron chi connectivity index (χ1n) is 11.5. The van der Waals surface area contributed by atoms with Crippen LogP contribution in [0, 0.1) is 6.92 Å². The Kier molecular flexibility index (Phi) is 8.98. The number of amides is 2. The number of hydrogen-bond acceptors (Lipinski definition) is 3. The zero-order valence-corrected chi connectivity index (χ0v) is 19.7. The minimum atomic E-state index is -0.554. The maximum Gasteiger partial charge on any atom is 0.261 e. The van der Waals surface area contributed by atoms with Gasteiger partial charge < -0.3 is 15.0 Å². The first-order chi connectivity index (χ1) is 15.5. The standard InChI is InChI=1S/C26H33ClN2O3/c1-3-24(26(31)28-22-9-5-4-6-10-22)29(17-20-12-14-21(27)15-13-20)25(30)18-32-23-11-7-8-19(2)16-23/h7-8,11-16,22,24H,3-6,9-10,17-18H2,1-2H3,(H,28,31). The summed E-state index contributed by atoms with van der Waals surface area (Å²) >= 11 is 6.03. The van der Waals surface area contributed by atoms with Crippen LogP contribution in [-0.2, 0) is 16.1 Å². The molecule has 0 bridgehead atoms. The molecule has 1 aliphatic rings. The van der Waals surface area contributed by atoms with Crippen LogP contribution in [0.1, 0.15) is 56.6 Å². The van der Waals surface area contributed by atoms with Gasteiger partial charge in [-0.3, -0.25) is 9.59 Å². The molecule has 1 atom stereocenters. The van der Waals surface area contributed by atoms with Gasteiger partial charge in [-0.15, -0.1) is 0 Å². The van der Waals surface area contributed by atoms with Crippen molar-refractivity contribution in [2.45, 2.75) is 71.0 Å². The van der Waals surface area contributed by atoms with Gasteiger partial charge in [-0.25, -0.2) is 0 Å². The van der Waals surface area contributed by atoms with Crippen LogP contribution < -0.4 is 10.1 Å². The number of halogens is 1. The van der Waals surface area contributed by atoms with Crippen LogP contribution in [0.25, 0.3) is 0 Å². The van der Waals surface area contributed by atoms with E-state index in [1.165, 1.54) is 6.42 Å². The summed E-state index contributed by atoms with van der Waals surface area (Å²) in [6.45, 7) is 4.12. The Morgan fingerprint density at radius 1 is 1.12 bits per heavy atom. The number of nitrogens with one attached hydrogen (secondary N) is 1. The highest BCUT2D eigenvalue weighted by Crippen LogP contribution is 2.20. The molecule has 0 saturated heterocycles. The van der Waals surface area contributed by atoms with E-state index < -0.39 is 6.04 Å². The molecule has 0 heterocycles. The van der Waals surface area contributed by atoms with Gasteiger partial charge in [0.1, 0.15) is 11.8 Å². The monoisotopic (exact) mass is 456 g/mol. The molecule has 0 spiro atoms. The van der Waals surface area contributed by atoms with Crippen molar-refractivity contribution in [1.29, 1.82) is 0 Å². The van der Waals surface area contributed by atoms with Crippen LogP contribution >= 0.6 is 11.6 Å². The van der Waals surface area contributed by atoms with Crippen molar-refractivity contribution in [3.05, 3.63) is 64.7 Å². The van der Waals surface area contributed by atoms with Gasteiger partial charge >= 0.3 is 0 Å². The van der Waals surface area contributed by atoms with Crippen LogP contribution in [0.15, 0.2) is 48.5 Å². The van der Waals surface area contributed by atoms with Crippen molar-refractivity contribution in [1.82, 2.24) is 10.2 Å². The van der Waals surface area contributed by atoms with E-state index in [0.717, 1.165) is 36.8 Å². The summed E-state index contributed by atoms with van der Waals surface area (Å²) in [5.41, 5.74) is 1.98. The van der Waals surface area contributed by atoms with Gasteiger partial charge in [0.15, 0.2) is 6.61 Å². The summed E-state index contributed by atoms with van der Waals surface area (Å²) in [6.07, 6.45) is 6.04. The molecule has 5 nitrogen and oxygen atoms in total. The summed E-state index contributed by atoms with van der Waals surface area (Å²) in [4.78, 5) is 28.1. The van der Waals surface area contributed by atoms with E-state index in [1.54, 1.807) is 17.0 Å². The molecular formula is C26H33ClN2O3. The van der Waals surface area contributed by atoms with Gasteiger partial charge in [0.2, 0.25) is 5.91 Å². The fourth-order valence-electron chi connectivity index (χ4n) is 4.18. The van der Waals surface area contributed by atoms with E-state index >= 15 is 0 Å². The lowest BCUT2D eigenvalue weighted by Gasteiger charge is -2.32. The second kappa shape index (κ2) is 11.9. The molecule has 2 amide bonds. The number of aryl methyl sites for hydroxylation is 1. The largest absolute Gasteiger partial charge is 0.484 e. The molecule has 1 fully saturated rings. The van der Waals surface area contributed by atoms with Crippen molar-refractivity contribution in [2.75, 3.05) is 6.61 Å². The third-order valence-electron chi connectivity index (χ3n) is 5.96. The number of carbonyl (C=O) groups is 2. The van der Waals surface area contributed by atoms with Gasteiger partial charge in [0.25, 0.3) is 5.91 Å². The highest BCUT2D eigenvalue weighted by Gasteiger charge is 2.30. The van der Waals surface area contributed by atoms with E-state index in [9.17, 15) is 9.59 Å². The molecule has 172 valence electrons. The highest BCUT2D eigenvalue weighted by atomic mass is 35.5. The number of nitrogens with zero attached hydrogens (tertiary/aromatic N) is 1. The number of hydrogen-bond donors (Lipinski definition) is 1. The van der Waals surface area contributed by atoms with Crippen LogP contribution in [0.4, 0.5) is 0 Å². The zero-order chi connectivity index (χ0) is 22.9. The van der Waals surface area contributed by atoms with Crippen LogP contribution in [0.3, 0.4) is 0 Å². The van der Waals surface area contributed by atoms with Gasteiger partial charge in [0.05, 0.1) is 0 Å². The first-order valence-corrected chi connectivity index (χ1v) is 11.9. The fraction of sp³-hybridized carbons (Fsp3) is 0.462. The second-order valence-corrected chi connectivity index (χ2v) is 8.96. The molecule has 6 heteroatoms. The molecule has 1 unspecified atom stereocenters. The van der Waals surface area contributed by atoms with Gasteiger partial charge in [0, 0.05) is 17.6 Å². The third-order valence-corrected chi connectivity index (χ3v) is 6.21. The molecule has 32 heavy (non-hydrogen) atoms. The summed E-state index contributed by atoms with van der Waals surface area (Å²) in [5.74, 6) is 0.342. The first kappa shape index (κ1) is 24.1. The molecule has 0 radical (unpaired) electrons. The quantitative estimate of drug-likeness (QED) is 0.558. The summed E-state index contributed by atoms with van der Waals surface area (Å²) < 4.78 is 5.77. The molecule has 0 aromatic heterocycles. The highest BCUT2D eigenvalue weighted by molar-refractivity contribution is 6.30. The van der Waals surface area contributed by atoms with Crippen molar-refractivity contribution in [2.24, 2.45) is 0 Å². The minimum absolute atomic E-state index is 0.0859. The predicted octanol–water partition coefficient (Wildman–Crippen LogP) is 5.28. The molecule has 2 aromatic carbocycles. The normalized spacial score (nSPS) is 15.1. The van der Waals surface area contributed by atoms with E-state index in [4.69, 9.17) is 16.3 Å². The third kappa shape index (κ3) is 6.99. The van der Waals surface area contributed by atoms with Crippen molar-refractivity contribution in [3.63, 3.8) is 0 Å². The average molecular weight is 457 g/mol. The minimum Gasteiger partial charge on any atom is -0.484 e. The zero-order valence-electron chi connectivity index (χ0n) is 19.0. The molecule has 1 saturated carbocycles. The summed E-state index contributed by atoms with van der Waals surface area (Å²) in [5, 5.41) is 3.82. The van der Waals surface area contributed by atoms with Crippen LogP contribution in [-0.4, -0.2) is 35.4 Å². The molecule has 1 aliphatic carbocycles. The summed E-state index contributed by atoms with van der Waals surface area (Å²) in [6, 6.07) is 14.6. The Bertz CT molecular complexity index is 894. The Morgan fingerprint density at radius 2 is 1.84 bits per heavy atom. The molecule has 2 aromatic rings. The van der Waals surface area contributed by atoms with Gasteiger partial charge in [-0.1, -0.05) is 62.1 Å². The van der Waals surface area contributed by atoms with Gasteiger partial charge in [-0.2, -0.15) is 0 Å². The lowest BCUT2D eigenvalue weighted by atomic mass is 9.95. The van der Waals surface area contributed by atoms with E-state index in [1.807, 2.05) is 50.2 Å². The van der Waals surface area contributed by atoms with Crippen molar-refractivity contribution < 1.29 is 14.3 Å². The second-order valence-electron chi connectivity index (χ2n) is 8.52. The molecular weight excluding hydrogens is 424 g/mol. The van der Waals surface area contributed by atoms with E-state index in [2.05, 4.69) is 5.32 Å². The van der Waals surface area contributed by atoms with Crippen molar-refractivity contribution >= 4 is 23.4 Å². The van der Waals surface area contributed by atoms with E-state index in [-0.39, 0.29) is 24.5 Å².